The van der Waals surface area contributed by atoms with Crippen molar-refractivity contribution in [1.29, 1.82) is 0 Å². The van der Waals surface area contributed by atoms with Gasteiger partial charge in [0.25, 0.3) is 23.6 Å². The molecule has 0 aromatic heterocycles. The topological polar surface area (TPSA) is 365 Å². The number of anilines is 2. The van der Waals surface area contributed by atoms with Crippen molar-refractivity contribution in [3.63, 3.8) is 0 Å². The number of amides is 7. The minimum Gasteiger partial charge on any atom is -0.493 e. The zero-order valence-corrected chi connectivity index (χ0v) is 61.7. The predicted molar refractivity (Wildman–Crippen MR) is 384 cm³/mol. The molecular formula is C74H104BN7O24. The van der Waals surface area contributed by atoms with Gasteiger partial charge in [-0.15, -0.1) is 0 Å². The van der Waals surface area contributed by atoms with E-state index in [2.05, 4.69) is 10.6 Å². The highest BCUT2D eigenvalue weighted by Gasteiger charge is 2.47. The van der Waals surface area contributed by atoms with E-state index in [9.17, 15) is 58.4 Å². The molecule has 8 rings (SSSR count). The van der Waals surface area contributed by atoms with Crippen molar-refractivity contribution in [2.24, 2.45) is 11.8 Å². The number of carbonyl (C=O) groups excluding carboxylic acids is 9. The highest BCUT2D eigenvalue weighted by Crippen LogP contribution is 2.42. The summed E-state index contributed by atoms with van der Waals surface area (Å²) in [7, 11) is 0.331. The standard InChI is InChI=1S/C74H104BN7O24/c1-49(2)55(44-54(83)19-26-96-28-30-98-32-34-100-36-38-102-40-41-103-39-37-101-35-33-99-31-29-97-27-20-76-66(85)18-23-80-67(86)16-17-68(80)87)69(88)77-51(4)62(84)43-52-12-14-53(15-13-52)48-106-74(93)81-60-46-63(50(3)42-56(60)70(89)78-21-7-10-58(78)72(81)91)104-24-9-25-105-65-47-61-57(45-64(65)95-6)71(90)79-22-8-11-59(79)73(92)82(61)75(5)94/h12-17,42,45-47,49,51,55,58-59,72-73,91-92,94H,7-11,18-41,43-44,48H2,1-6H3,(H,76,85)(H,77,88)/t51-,55-,58-,59-,72-,73-/m0/s1. The van der Waals surface area contributed by atoms with Crippen molar-refractivity contribution in [3.8, 4) is 17.2 Å². The van der Waals surface area contributed by atoms with Crippen LogP contribution in [-0.4, -0.2) is 273 Å². The lowest BCUT2D eigenvalue weighted by Crippen LogP contribution is -2.53. The summed E-state index contributed by atoms with van der Waals surface area (Å²) in [6.07, 6.45) is 1.71. The summed E-state index contributed by atoms with van der Waals surface area (Å²) in [4.78, 5) is 124. The van der Waals surface area contributed by atoms with E-state index in [1.807, 2.05) is 13.8 Å². The van der Waals surface area contributed by atoms with Gasteiger partial charge in [0.15, 0.2) is 23.5 Å². The SMILES string of the molecule is COc1cc2c(cc1OCCCOc1cc3c(cc1C)C(=O)N1CCC[C@H]1[C@H](O)N3C(=O)OCc1ccc(CC(=O)[C@H](C)NC(=O)[C@@H](CC(=O)CCOCCOCCOCCOCCOCCOCCOCCOCCNC(=O)CCN3C(=O)C=CC3=O)C(C)C)cc1)N(B(C)O)[C@@H](O)[C@@H]1CCCN1C2=O. The van der Waals surface area contributed by atoms with Gasteiger partial charge in [-0.3, -0.25) is 43.3 Å². The summed E-state index contributed by atoms with van der Waals surface area (Å²) < 4.78 is 68.0. The van der Waals surface area contributed by atoms with Gasteiger partial charge in [-0.25, -0.2) is 9.69 Å². The summed E-state index contributed by atoms with van der Waals surface area (Å²) >= 11 is 0. The Kier molecular flexibility index (Phi) is 33.9. The second-order valence-corrected chi connectivity index (χ2v) is 26.6. The number of Topliss-reactive ketones (excluding diaryl/α,β-unsaturated/α-hetero) is 2. The largest absolute Gasteiger partial charge is 0.493 e. The number of aryl methyl sites for hydroxylation is 1. The summed E-state index contributed by atoms with van der Waals surface area (Å²) in [5, 5.41) is 39.6. The Morgan fingerprint density at radius 3 is 1.64 bits per heavy atom. The molecule has 582 valence electrons. The number of rotatable bonds is 48. The van der Waals surface area contributed by atoms with Crippen molar-refractivity contribution in [1.82, 2.24) is 25.3 Å². The molecule has 0 spiro atoms. The lowest BCUT2D eigenvalue weighted by atomic mass is 9.82. The number of nitrogens with zero attached hydrogens (tertiary/aromatic N) is 5. The molecular weight excluding hydrogens is 1380 g/mol. The number of aliphatic hydroxyl groups excluding tert-OH is 2. The minimum absolute atomic E-state index is 0.0131. The fourth-order valence-electron chi connectivity index (χ4n) is 12.9. The Bertz CT molecular complexity index is 3440. The van der Waals surface area contributed by atoms with E-state index in [0.29, 0.717) is 172 Å². The van der Waals surface area contributed by atoms with E-state index in [1.165, 1.54) is 30.9 Å². The van der Waals surface area contributed by atoms with Crippen LogP contribution in [0.5, 0.6) is 17.2 Å². The number of hydrogen-bond donors (Lipinski definition) is 5. The first-order valence-electron chi connectivity index (χ1n) is 36.5. The first-order chi connectivity index (χ1) is 51.2. The molecule has 7 amide bonds. The number of imide groups is 1. The molecule has 106 heavy (non-hydrogen) atoms. The van der Waals surface area contributed by atoms with Gasteiger partial charge < -0.3 is 97.3 Å². The van der Waals surface area contributed by atoms with Crippen molar-refractivity contribution < 1.29 is 115 Å². The molecule has 5 heterocycles. The second kappa shape index (κ2) is 43.0. The van der Waals surface area contributed by atoms with Crippen LogP contribution in [0.15, 0.2) is 60.7 Å². The molecule has 2 fully saturated rings. The van der Waals surface area contributed by atoms with Crippen LogP contribution in [0.2, 0.25) is 6.82 Å². The van der Waals surface area contributed by atoms with Crippen LogP contribution in [0.25, 0.3) is 0 Å². The van der Waals surface area contributed by atoms with Gasteiger partial charge >= 0.3 is 13.1 Å². The zero-order valence-electron chi connectivity index (χ0n) is 61.7. The van der Waals surface area contributed by atoms with Crippen LogP contribution in [0.4, 0.5) is 16.2 Å². The summed E-state index contributed by atoms with van der Waals surface area (Å²) in [6.45, 7) is 15.5. The van der Waals surface area contributed by atoms with Crippen LogP contribution >= 0.6 is 0 Å². The minimum atomic E-state index is -1.45. The maximum Gasteiger partial charge on any atom is 0.416 e. The van der Waals surface area contributed by atoms with Crippen LogP contribution in [-0.2, 0) is 84.4 Å². The van der Waals surface area contributed by atoms with Gasteiger partial charge in [0.05, 0.1) is 161 Å². The van der Waals surface area contributed by atoms with Crippen molar-refractivity contribution in [2.75, 3.05) is 162 Å². The fourth-order valence-corrected chi connectivity index (χ4v) is 12.9. The number of nitrogens with one attached hydrogen (secondary N) is 2. The molecule has 0 radical (unpaired) electrons. The van der Waals surface area contributed by atoms with Crippen LogP contribution in [0, 0.1) is 18.8 Å². The maximum absolute atomic E-state index is 14.2. The third-order valence-electron chi connectivity index (χ3n) is 18.7. The van der Waals surface area contributed by atoms with E-state index in [-0.39, 0.29) is 123 Å². The van der Waals surface area contributed by atoms with Crippen LogP contribution in [0.3, 0.4) is 0 Å². The van der Waals surface area contributed by atoms with Gasteiger partial charge in [-0.05, 0) is 81.1 Å². The van der Waals surface area contributed by atoms with Crippen molar-refractivity contribution in [2.45, 2.75) is 129 Å². The highest BCUT2D eigenvalue weighted by molar-refractivity contribution is 6.54. The normalized spacial score (nSPS) is 18.1. The lowest BCUT2D eigenvalue weighted by Gasteiger charge is -2.34. The molecule has 5 N–H and O–H groups in total. The zero-order chi connectivity index (χ0) is 76.1. The van der Waals surface area contributed by atoms with Gasteiger partial charge in [-0.2, -0.15) is 0 Å². The third kappa shape index (κ3) is 24.2. The van der Waals surface area contributed by atoms with E-state index in [4.69, 9.17) is 56.8 Å². The predicted octanol–water partition coefficient (Wildman–Crippen LogP) is 3.59. The smallest absolute Gasteiger partial charge is 0.416 e. The van der Waals surface area contributed by atoms with E-state index >= 15 is 0 Å². The first-order valence-corrected chi connectivity index (χ1v) is 36.5. The molecule has 0 saturated carbocycles. The molecule has 5 aliphatic rings. The molecule has 2 saturated heterocycles. The molecule has 6 atom stereocenters. The van der Waals surface area contributed by atoms with Gasteiger partial charge in [0.2, 0.25) is 11.8 Å². The van der Waals surface area contributed by atoms with Gasteiger partial charge in [-0.1, -0.05) is 38.1 Å². The van der Waals surface area contributed by atoms with E-state index in [0.717, 1.165) is 16.2 Å². The number of ether oxygens (including phenoxy) is 12. The molecule has 32 heteroatoms. The first kappa shape index (κ1) is 83.5. The summed E-state index contributed by atoms with van der Waals surface area (Å²) in [5.74, 6) is -2.46. The van der Waals surface area contributed by atoms with Crippen molar-refractivity contribution >= 4 is 71.5 Å². The maximum atomic E-state index is 14.2. The molecule has 31 nitrogen and oxygen atoms in total. The Labute approximate surface area is 618 Å². The molecule has 0 bridgehead atoms. The number of benzene rings is 3. The molecule has 3 aromatic carbocycles. The quantitative estimate of drug-likeness (QED) is 0.0306. The van der Waals surface area contributed by atoms with E-state index < -0.39 is 67.4 Å². The molecule has 0 unspecified atom stereocenters. The van der Waals surface area contributed by atoms with E-state index in [1.54, 1.807) is 72.2 Å². The second-order valence-electron chi connectivity index (χ2n) is 26.6. The Balaban J connectivity index is 0.653. The number of carbonyl (C=O) groups is 9. The fraction of sp³-hybridized carbons (Fsp3) is 0.608. The summed E-state index contributed by atoms with van der Waals surface area (Å²) in [6, 6.07) is 11.1. The number of hydrogen-bond acceptors (Lipinski definition) is 25. The highest BCUT2D eigenvalue weighted by atomic mass is 16.6. The van der Waals surface area contributed by atoms with Gasteiger partial charge in [0, 0.05) is 94.2 Å². The lowest BCUT2D eigenvalue weighted by molar-refractivity contribution is -0.137. The molecule has 0 aliphatic carbocycles. The van der Waals surface area contributed by atoms with Gasteiger partial charge in [0.1, 0.15) is 24.4 Å². The summed E-state index contributed by atoms with van der Waals surface area (Å²) in [5.41, 5.74) is 2.72. The average Bonchev–Trinajstić information content (AvgIpc) is 1.59. The average molecular weight is 1490 g/mol. The van der Waals surface area contributed by atoms with Crippen LogP contribution < -0.4 is 34.6 Å². The number of fused-ring (bicyclic) bond motifs is 4. The van der Waals surface area contributed by atoms with Crippen LogP contribution in [0.1, 0.15) is 110 Å². The Morgan fingerprint density at radius 2 is 1.10 bits per heavy atom. The monoisotopic (exact) mass is 1490 g/mol. The molecule has 5 aliphatic heterocycles. The Hall–Kier alpha value is -8.15. The number of ketones is 2. The Morgan fingerprint density at radius 1 is 0.604 bits per heavy atom. The van der Waals surface area contributed by atoms with Crippen molar-refractivity contribution in [3.05, 3.63) is 88.5 Å². The number of methoxy groups -OCH3 is 1. The number of aliphatic hydroxyl groups is 2. The third-order valence-corrected chi connectivity index (χ3v) is 18.7. The molecule has 3 aromatic rings.